The van der Waals surface area contributed by atoms with E-state index in [1.165, 1.54) is 0 Å². The molecule has 104 valence electrons. The Hall–Kier alpha value is -2.61. The van der Waals surface area contributed by atoms with Gasteiger partial charge in [-0.05, 0) is 30.7 Å². The molecule has 3 aromatic carbocycles. The van der Waals surface area contributed by atoms with Gasteiger partial charge < -0.3 is 4.74 Å². The van der Waals surface area contributed by atoms with Gasteiger partial charge >= 0.3 is 5.97 Å². The van der Waals surface area contributed by atoms with Gasteiger partial charge in [-0.25, -0.2) is 4.79 Å². The van der Waals surface area contributed by atoms with Crippen LogP contribution < -0.4 is 4.74 Å². The standard InChI is InChI=1S/C19H16O2/c1-3-13(2)19(20)21-18-16-10-6-4-8-14(16)12-15-9-5-7-11-17(15)18/h3-12H,1-2H3. The highest BCUT2D eigenvalue weighted by Gasteiger charge is 2.13. The first-order valence-corrected chi connectivity index (χ1v) is 6.96. The SMILES string of the molecule is CC=C(C)C(=O)Oc1c2ccccc2cc2ccccc12. The number of benzene rings is 3. The maximum absolute atomic E-state index is 12.1. The monoisotopic (exact) mass is 276 g/mol. The van der Waals surface area contributed by atoms with Crippen LogP contribution in [0.2, 0.25) is 0 Å². The summed E-state index contributed by atoms with van der Waals surface area (Å²) in [4.78, 5) is 12.1. The van der Waals surface area contributed by atoms with Crippen molar-refractivity contribution in [1.29, 1.82) is 0 Å². The molecule has 21 heavy (non-hydrogen) atoms. The number of carbonyl (C=O) groups excluding carboxylic acids is 1. The molecule has 0 amide bonds. The largest absolute Gasteiger partial charge is 0.422 e. The molecule has 0 aliphatic carbocycles. The third kappa shape index (κ3) is 2.40. The van der Waals surface area contributed by atoms with Crippen molar-refractivity contribution in [3.63, 3.8) is 0 Å². The van der Waals surface area contributed by atoms with Crippen LogP contribution in [0.4, 0.5) is 0 Å². The third-order valence-electron chi connectivity index (χ3n) is 3.67. The van der Waals surface area contributed by atoms with Crippen molar-refractivity contribution >= 4 is 27.5 Å². The van der Waals surface area contributed by atoms with Crippen molar-refractivity contribution < 1.29 is 9.53 Å². The molecule has 0 unspecified atom stereocenters. The zero-order valence-electron chi connectivity index (χ0n) is 12.1. The fourth-order valence-electron chi connectivity index (χ4n) is 2.37. The van der Waals surface area contributed by atoms with Gasteiger partial charge in [0.2, 0.25) is 0 Å². The molecular weight excluding hydrogens is 260 g/mol. The molecule has 3 aromatic rings. The Labute approximate surface area is 123 Å². The fourth-order valence-corrected chi connectivity index (χ4v) is 2.37. The Kier molecular flexibility index (Phi) is 3.44. The van der Waals surface area contributed by atoms with E-state index in [4.69, 9.17) is 4.74 Å². The summed E-state index contributed by atoms with van der Waals surface area (Å²) < 4.78 is 5.69. The number of esters is 1. The molecule has 0 saturated carbocycles. The zero-order chi connectivity index (χ0) is 14.8. The minimum atomic E-state index is -0.306. The molecule has 0 aliphatic rings. The van der Waals surface area contributed by atoms with Crippen molar-refractivity contribution in [3.8, 4) is 5.75 Å². The smallest absolute Gasteiger partial charge is 0.338 e. The molecule has 2 heteroatoms. The van der Waals surface area contributed by atoms with E-state index in [0.29, 0.717) is 11.3 Å². The average Bonchev–Trinajstić information content (AvgIpc) is 2.53. The Balaban J connectivity index is 2.27. The molecule has 0 radical (unpaired) electrons. The number of fused-ring (bicyclic) bond motifs is 2. The van der Waals surface area contributed by atoms with Gasteiger partial charge in [0.05, 0.1) is 0 Å². The van der Waals surface area contributed by atoms with Crippen molar-refractivity contribution in [2.45, 2.75) is 13.8 Å². The number of allylic oxidation sites excluding steroid dienone is 1. The summed E-state index contributed by atoms with van der Waals surface area (Å²) >= 11 is 0. The first-order chi connectivity index (χ1) is 10.2. The van der Waals surface area contributed by atoms with Crippen LogP contribution in [0.1, 0.15) is 13.8 Å². The molecule has 0 aliphatic heterocycles. The predicted molar refractivity (Wildman–Crippen MR) is 86.5 cm³/mol. The number of rotatable bonds is 2. The topological polar surface area (TPSA) is 26.3 Å². The first kappa shape index (κ1) is 13.4. The second kappa shape index (κ2) is 5.41. The highest BCUT2D eigenvalue weighted by molar-refractivity contribution is 6.07. The van der Waals surface area contributed by atoms with Gasteiger partial charge in [0.25, 0.3) is 0 Å². The summed E-state index contributed by atoms with van der Waals surface area (Å²) in [6.45, 7) is 3.59. The lowest BCUT2D eigenvalue weighted by atomic mass is 10.0. The van der Waals surface area contributed by atoms with E-state index in [1.807, 2.05) is 55.5 Å². The van der Waals surface area contributed by atoms with Crippen molar-refractivity contribution in [2.75, 3.05) is 0 Å². The quantitative estimate of drug-likeness (QED) is 0.289. The Morgan fingerprint density at radius 2 is 1.48 bits per heavy atom. The molecular formula is C19H16O2. The van der Waals surface area contributed by atoms with Crippen LogP contribution >= 0.6 is 0 Å². The van der Waals surface area contributed by atoms with E-state index in [9.17, 15) is 4.79 Å². The molecule has 0 aromatic heterocycles. The number of carbonyl (C=O) groups is 1. The highest BCUT2D eigenvalue weighted by Crippen LogP contribution is 2.35. The van der Waals surface area contributed by atoms with Crippen LogP contribution in [-0.2, 0) is 4.79 Å². The van der Waals surface area contributed by atoms with Gasteiger partial charge in [0, 0.05) is 16.3 Å². The maximum atomic E-state index is 12.1. The van der Waals surface area contributed by atoms with E-state index in [0.717, 1.165) is 21.5 Å². The maximum Gasteiger partial charge on any atom is 0.338 e. The molecule has 0 atom stereocenters. The van der Waals surface area contributed by atoms with Crippen LogP contribution in [0, 0.1) is 0 Å². The summed E-state index contributed by atoms with van der Waals surface area (Å²) in [6.07, 6.45) is 1.76. The van der Waals surface area contributed by atoms with Crippen LogP contribution in [-0.4, -0.2) is 5.97 Å². The number of ether oxygens (including phenoxy) is 1. The summed E-state index contributed by atoms with van der Waals surface area (Å²) in [5, 5.41) is 4.04. The molecule has 3 rings (SSSR count). The Bertz CT molecular complexity index is 806. The molecule has 2 nitrogen and oxygen atoms in total. The van der Waals surface area contributed by atoms with Gasteiger partial charge in [0.15, 0.2) is 0 Å². The molecule has 0 fully saturated rings. The van der Waals surface area contributed by atoms with Crippen LogP contribution in [0.15, 0.2) is 66.2 Å². The van der Waals surface area contributed by atoms with Crippen molar-refractivity contribution in [3.05, 3.63) is 66.2 Å². The molecule has 0 saturated heterocycles. The minimum absolute atomic E-state index is 0.306. The van der Waals surface area contributed by atoms with Gasteiger partial charge in [-0.3, -0.25) is 0 Å². The Morgan fingerprint density at radius 3 is 2.00 bits per heavy atom. The lowest BCUT2D eigenvalue weighted by molar-refractivity contribution is -0.129. The molecule has 0 spiro atoms. The van der Waals surface area contributed by atoms with Crippen LogP contribution in [0.3, 0.4) is 0 Å². The zero-order valence-corrected chi connectivity index (χ0v) is 12.1. The minimum Gasteiger partial charge on any atom is -0.422 e. The van der Waals surface area contributed by atoms with Crippen LogP contribution in [0.25, 0.3) is 21.5 Å². The molecule has 0 heterocycles. The van der Waals surface area contributed by atoms with Crippen LogP contribution in [0.5, 0.6) is 5.75 Å². The lowest BCUT2D eigenvalue weighted by Gasteiger charge is -2.12. The van der Waals surface area contributed by atoms with E-state index < -0.39 is 0 Å². The van der Waals surface area contributed by atoms with E-state index in [1.54, 1.807) is 13.0 Å². The summed E-state index contributed by atoms with van der Waals surface area (Å²) in [6, 6.07) is 18.0. The van der Waals surface area contributed by atoms with E-state index in [2.05, 4.69) is 6.07 Å². The average molecular weight is 276 g/mol. The van der Waals surface area contributed by atoms with Crippen molar-refractivity contribution in [1.82, 2.24) is 0 Å². The number of hydrogen-bond acceptors (Lipinski definition) is 2. The lowest BCUT2D eigenvalue weighted by Crippen LogP contribution is -2.09. The van der Waals surface area contributed by atoms with Gasteiger partial charge in [-0.2, -0.15) is 0 Å². The first-order valence-electron chi connectivity index (χ1n) is 6.96. The molecule has 0 N–H and O–H groups in total. The third-order valence-corrected chi connectivity index (χ3v) is 3.67. The highest BCUT2D eigenvalue weighted by atomic mass is 16.5. The second-order valence-corrected chi connectivity index (χ2v) is 5.01. The van der Waals surface area contributed by atoms with Gasteiger partial charge in [0.1, 0.15) is 5.75 Å². The van der Waals surface area contributed by atoms with E-state index >= 15 is 0 Å². The summed E-state index contributed by atoms with van der Waals surface area (Å²) in [5.74, 6) is 0.328. The normalized spacial score (nSPS) is 11.8. The van der Waals surface area contributed by atoms with E-state index in [-0.39, 0.29) is 5.97 Å². The fraction of sp³-hybridized carbons (Fsp3) is 0.105. The Morgan fingerprint density at radius 1 is 0.952 bits per heavy atom. The number of hydrogen-bond donors (Lipinski definition) is 0. The predicted octanol–water partition coefficient (Wildman–Crippen LogP) is 4.86. The van der Waals surface area contributed by atoms with Gasteiger partial charge in [-0.15, -0.1) is 0 Å². The van der Waals surface area contributed by atoms with Gasteiger partial charge in [-0.1, -0.05) is 54.6 Å². The second-order valence-electron chi connectivity index (χ2n) is 5.01. The van der Waals surface area contributed by atoms with Crippen molar-refractivity contribution in [2.24, 2.45) is 0 Å². The summed E-state index contributed by atoms with van der Waals surface area (Å²) in [7, 11) is 0. The molecule has 0 bridgehead atoms. The summed E-state index contributed by atoms with van der Waals surface area (Å²) in [5.41, 5.74) is 0.604.